The van der Waals surface area contributed by atoms with E-state index in [-0.39, 0.29) is 18.8 Å². The van der Waals surface area contributed by atoms with Gasteiger partial charge in [0.05, 0.1) is 6.61 Å². The minimum absolute atomic E-state index is 0.114. The molecule has 4 aromatic carbocycles. The van der Waals surface area contributed by atoms with Gasteiger partial charge in [0.1, 0.15) is 18.0 Å². The van der Waals surface area contributed by atoms with Gasteiger partial charge >= 0.3 is 0 Å². The highest BCUT2D eigenvalue weighted by Crippen LogP contribution is 2.42. The van der Waals surface area contributed by atoms with Crippen LogP contribution in [0, 0.1) is 0 Å². The Bertz CT molecular complexity index is 1550. The zero-order chi connectivity index (χ0) is 29.4. The van der Waals surface area contributed by atoms with Crippen molar-refractivity contribution in [2.75, 3.05) is 19.8 Å². The van der Waals surface area contributed by atoms with Crippen LogP contribution in [0.4, 0.5) is 0 Å². The fourth-order valence-corrected chi connectivity index (χ4v) is 5.11. The van der Waals surface area contributed by atoms with E-state index < -0.39 is 23.3 Å². The number of aliphatic hydroxyl groups is 1. The fourth-order valence-electron chi connectivity index (χ4n) is 5.11. The van der Waals surface area contributed by atoms with E-state index in [1.165, 1.54) is 5.56 Å². The first-order valence-corrected chi connectivity index (χ1v) is 13.8. The van der Waals surface area contributed by atoms with Crippen molar-refractivity contribution >= 4 is 17.7 Å². The molecule has 1 atom stereocenters. The molecule has 212 valence electrons. The van der Waals surface area contributed by atoms with Crippen molar-refractivity contribution in [3.05, 3.63) is 149 Å². The third-order valence-electron chi connectivity index (χ3n) is 7.10. The largest absolute Gasteiger partial charge is 0.491 e. The molecule has 0 bridgehead atoms. The zero-order valence-electron chi connectivity index (χ0n) is 23.0. The summed E-state index contributed by atoms with van der Waals surface area (Å²) in [4.78, 5) is 37.9. The second kappa shape index (κ2) is 13.2. The van der Waals surface area contributed by atoms with Crippen LogP contribution in [0.1, 0.15) is 39.0 Å². The summed E-state index contributed by atoms with van der Waals surface area (Å²) < 4.78 is 12.6. The predicted octanol–water partition coefficient (Wildman–Crippen LogP) is 5.06. The van der Waals surface area contributed by atoms with Gasteiger partial charge in [0.25, 0.3) is 17.7 Å². The third kappa shape index (κ3) is 6.07. The number of hydrogen-bond acceptors (Lipinski definition) is 6. The Kier molecular flexibility index (Phi) is 9.02. The van der Waals surface area contributed by atoms with E-state index in [4.69, 9.17) is 9.47 Å². The molecule has 0 aliphatic carbocycles. The van der Waals surface area contributed by atoms with E-state index in [0.29, 0.717) is 17.3 Å². The normalized spacial score (nSPS) is 14.2. The first-order chi connectivity index (χ1) is 20.5. The molecule has 42 heavy (non-hydrogen) atoms. The molecule has 0 fully saturated rings. The van der Waals surface area contributed by atoms with Crippen LogP contribution >= 0.6 is 0 Å². The number of aryl methyl sites for hydroxylation is 1. The fraction of sp³-hybridized carbons (Fsp3) is 0.171. The SMILES string of the molecule is O=C1C=CC(=O)N1C(=O)c1ccc(C(OCCCc2ccccc2)(c2ccccc2)c2cccc(OCCO)c2)cc1. The Morgan fingerprint density at radius 2 is 1.33 bits per heavy atom. The molecule has 1 aliphatic rings. The molecule has 0 radical (unpaired) electrons. The lowest BCUT2D eigenvalue weighted by Gasteiger charge is -2.36. The summed E-state index contributed by atoms with van der Waals surface area (Å²) in [5.74, 6) is -1.42. The van der Waals surface area contributed by atoms with Gasteiger partial charge in [-0.25, -0.2) is 4.90 Å². The predicted molar refractivity (Wildman–Crippen MR) is 158 cm³/mol. The van der Waals surface area contributed by atoms with Gasteiger partial charge in [-0.05, 0) is 59.4 Å². The lowest BCUT2D eigenvalue weighted by Crippen LogP contribution is -2.36. The Hall–Kier alpha value is -4.85. The van der Waals surface area contributed by atoms with E-state index in [1.54, 1.807) is 24.3 Å². The second-order valence-electron chi connectivity index (χ2n) is 9.81. The van der Waals surface area contributed by atoms with Crippen LogP contribution in [0.25, 0.3) is 0 Å². The number of benzene rings is 4. The molecule has 5 rings (SSSR count). The van der Waals surface area contributed by atoms with E-state index in [2.05, 4.69) is 12.1 Å². The summed E-state index contributed by atoms with van der Waals surface area (Å²) in [6.07, 6.45) is 3.78. The lowest BCUT2D eigenvalue weighted by molar-refractivity contribution is -0.133. The highest BCUT2D eigenvalue weighted by atomic mass is 16.5. The molecule has 1 aliphatic heterocycles. The number of imide groups is 3. The molecule has 4 aromatic rings. The molecule has 1 heterocycles. The van der Waals surface area contributed by atoms with E-state index >= 15 is 0 Å². The standard InChI is InChI=1S/C35H31NO6/c37-22-24-41-31-15-7-14-30(25-31)35(28-12-5-2-6-13-28,42-23-8-11-26-9-3-1-4-10-26)29-18-16-27(17-19-29)34(40)36-32(38)20-21-33(36)39/h1-7,9-10,12-21,25,37H,8,11,22-24H2. The Morgan fingerprint density at radius 3 is 2.00 bits per heavy atom. The van der Waals surface area contributed by atoms with Crippen LogP contribution < -0.4 is 4.74 Å². The van der Waals surface area contributed by atoms with Gasteiger partial charge < -0.3 is 14.6 Å². The highest BCUT2D eigenvalue weighted by molar-refractivity contribution is 6.25. The van der Waals surface area contributed by atoms with Crippen molar-refractivity contribution in [2.45, 2.75) is 18.4 Å². The Balaban J connectivity index is 1.55. The summed E-state index contributed by atoms with van der Waals surface area (Å²) in [6.45, 7) is 0.463. The van der Waals surface area contributed by atoms with Crippen LogP contribution in [0.5, 0.6) is 5.75 Å². The maximum atomic E-state index is 13.0. The van der Waals surface area contributed by atoms with Gasteiger partial charge in [-0.15, -0.1) is 0 Å². The summed E-state index contributed by atoms with van der Waals surface area (Å²) in [5.41, 5.74) is 2.76. The van der Waals surface area contributed by atoms with Crippen LogP contribution in [-0.4, -0.2) is 47.5 Å². The van der Waals surface area contributed by atoms with E-state index in [9.17, 15) is 19.5 Å². The van der Waals surface area contributed by atoms with Gasteiger partial charge in [0.2, 0.25) is 0 Å². The first-order valence-electron chi connectivity index (χ1n) is 13.8. The topological polar surface area (TPSA) is 93.1 Å². The maximum absolute atomic E-state index is 13.0. The number of hydrogen-bond donors (Lipinski definition) is 1. The molecule has 1 N–H and O–H groups in total. The highest BCUT2D eigenvalue weighted by Gasteiger charge is 2.38. The molecule has 3 amide bonds. The van der Waals surface area contributed by atoms with Gasteiger partial charge in [-0.1, -0.05) is 84.9 Å². The quantitative estimate of drug-likeness (QED) is 0.148. The van der Waals surface area contributed by atoms with Gasteiger partial charge in [-0.2, -0.15) is 0 Å². The number of carbonyl (C=O) groups is 3. The third-order valence-corrected chi connectivity index (χ3v) is 7.10. The molecular weight excluding hydrogens is 530 g/mol. The summed E-state index contributed by atoms with van der Waals surface area (Å²) >= 11 is 0. The van der Waals surface area contributed by atoms with Gasteiger partial charge in [0, 0.05) is 24.3 Å². The minimum atomic E-state index is -1.08. The lowest BCUT2D eigenvalue weighted by atomic mass is 9.79. The first kappa shape index (κ1) is 28.7. The molecule has 1 unspecified atom stereocenters. The maximum Gasteiger partial charge on any atom is 0.267 e. The second-order valence-corrected chi connectivity index (χ2v) is 9.81. The molecular formula is C35H31NO6. The van der Waals surface area contributed by atoms with Crippen LogP contribution in [-0.2, 0) is 26.3 Å². The summed E-state index contributed by atoms with van der Waals surface area (Å²) in [7, 11) is 0. The number of amides is 3. The van der Waals surface area contributed by atoms with Crippen molar-refractivity contribution in [3.8, 4) is 5.75 Å². The van der Waals surface area contributed by atoms with Crippen LogP contribution in [0.3, 0.4) is 0 Å². The van der Waals surface area contributed by atoms with E-state index in [0.717, 1.165) is 41.7 Å². The van der Waals surface area contributed by atoms with Crippen molar-refractivity contribution in [1.82, 2.24) is 4.90 Å². The van der Waals surface area contributed by atoms with Crippen LogP contribution in [0.15, 0.2) is 121 Å². The molecule has 0 spiro atoms. The molecule has 0 saturated carbocycles. The number of rotatable bonds is 12. The van der Waals surface area contributed by atoms with Crippen molar-refractivity contribution in [1.29, 1.82) is 0 Å². The van der Waals surface area contributed by atoms with Gasteiger partial charge in [-0.3, -0.25) is 14.4 Å². The molecule has 7 nitrogen and oxygen atoms in total. The minimum Gasteiger partial charge on any atom is -0.491 e. The van der Waals surface area contributed by atoms with Crippen molar-refractivity contribution in [2.24, 2.45) is 0 Å². The van der Waals surface area contributed by atoms with Gasteiger partial charge in [0.15, 0.2) is 0 Å². The number of aliphatic hydroxyl groups excluding tert-OH is 1. The van der Waals surface area contributed by atoms with Crippen molar-refractivity contribution < 1.29 is 29.0 Å². The summed E-state index contributed by atoms with van der Waals surface area (Å²) in [6, 6.07) is 34.4. The Morgan fingerprint density at radius 1 is 0.714 bits per heavy atom. The van der Waals surface area contributed by atoms with Crippen molar-refractivity contribution in [3.63, 3.8) is 0 Å². The number of nitrogens with zero attached hydrogens (tertiary/aromatic N) is 1. The monoisotopic (exact) mass is 561 g/mol. The van der Waals surface area contributed by atoms with E-state index in [1.807, 2.05) is 72.8 Å². The molecule has 0 saturated heterocycles. The Labute approximate surface area is 244 Å². The molecule has 0 aromatic heterocycles. The number of ether oxygens (including phenoxy) is 2. The molecule has 7 heteroatoms. The summed E-state index contributed by atoms with van der Waals surface area (Å²) in [5, 5.41) is 9.31. The average molecular weight is 562 g/mol. The zero-order valence-corrected chi connectivity index (χ0v) is 23.0. The average Bonchev–Trinajstić information content (AvgIpc) is 3.38. The number of carbonyl (C=O) groups excluding carboxylic acids is 3. The van der Waals surface area contributed by atoms with Crippen LogP contribution in [0.2, 0.25) is 0 Å². The smallest absolute Gasteiger partial charge is 0.267 e.